The first-order valence-corrected chi connectivity index (χ1v) is 13.2. The molecule has 2 aliphatic rings. The highest BCUT2D eigenvalue weighted by Gasteiger charge is 2.66. The Bertz CT molecular complexity index is 1220. The van der Waals surface area contributed by atoms with Crippen molar-refractivity contribution in [3.63, 3.8) is 0 Å². The van der Waals surface area contributed by atoms with Crippen LogP contribution in [0.1, 0.15) is 44.2 Å². The van der Waals surface area contributed by atoms with Gasteiger partial charge in [-0.05, 0) is 55.3 Å². The number of amides is 2. The average molecular weight is 550 g/mol. The lowest BCUT2D eigenvalue weighted by Gasteiger charge is -2.38. The summed E-state index contributed by atoms with van der Waals surface area (Å²) in [4.78, 5) is 31.8. The molecule has 0 aromatic heterocycles. The molecular weight excluding hydrogens is 514 g/mol. The number of likely N-dealkylation sites (N-methyl/N-ethyl adjacent to an activating group) is 2. The highest BCUT2D eigenvalue weighted by atomic mass is 35.5. The van der Waals surface area contributed by atoms with Gasteiger partial charge in [0.1, 0.15) is 11.2 Å². The zero-order valence-electron chi connectivity index (χ0n) is 22.2. The molecule has 1 saturated heterocycles. The van der Waals surface area contributed by atoms with Crippen LogP contribution in [0.5, 0.6) is 0 Å². The molecule has 0 bridgehead atoms. The number of halogens is 3. The lowest BCUT2D eigenvalue weighted by Crippen LogP contribution is -2.49. The summed E-state index contributed by atoms with van der Waals surface area (Å²) >= 11 is 12.5. The molecule has 0 saturated carbocycles. The highest BCUT2D eigenvalue weighted by molar-refractivity contribution is 6.31. The predicted octanol–water partition coefficient (Wildman–Crippen LogP) is 4.90. The van der Waals surface area contributed by atoms with Gasteiger partial charge >= 0.3 is 0 Å². The maximum atomic E-state index is 15.8. The van der Waals surface area contributed by atoms with E-state index in [0.717, 1.165) is 0 Å². The van der Waals surface area contributed by atoms with Crippen molar-refractivity contribution in [3.8, 4) is 0 Å². The van der Waals surface area contributed by atoms with Gasteiger partial charge < -0.3 is 20.4 Å². The third-order valence-electron chi connectivity index (χ3n) is 7.46. The Balaban J connectivity index is 1.96. The SMILES string of the molecule is CN(C)CCN(C)C(=O)[C@@H]1N[C@H](CC(C)(C)C)[C@]2(C(=O)Nc3cc(Cl)ccc32)[C@@H]1c1cccc(Cl)c1F. The second kappa shape index (κ2) is 10.2. The number of carbonyl (C=O) groups is 2. The summed E-state index contributed by atoms with van der Waals surface area (Å²) in [5.74, 6) is -1.93. The molecule has 0 unspecified atom stereocenters. The molecule has 200 valence electrons. The molecule has 2 N–H and O–H groups in total. The Labute approximate surface area is 228 Å². The van der Waals surface area contributed by atoms with Crippen LogP contribution >= 0.6 is 23.2 Å². The summed E-state index contributed by atoms with van der Waals surface area (Å²) in [7, 11) is 5.62. The lowest BCUT2D eigenvalue weighted by molar-refractivity contribution is -0.132. The maximum Gasteiger partial charge on any atom is 0.240 e. The number of hydrogen-bond acceptors (Lipinski definition) is 4. The van der Waals surface area contributed by atoms with E-state index >= 15 is 4.39 Å². The van der Waals surface area contributed by atoms with E-state index in [4.69, 9.17) is 23.2 Å². The topological polar surface area (TPSA) is 64.7 Å². The van der Waals surface area contributed by atoms with Crippen LogP contribution in [0.2, 0.25) is 10.0 Å². The Morgan fingerprint density at radius 2 is 1.81 bits per heavy atom. The summed E-state index contributed by atoms with van der Waals surface area (Å²) in [5.41, 5.74) is 0.0982. The zero-order chi connectivity index (χ0) is 27.3. The minimum Gasteiger partial charge on any atom is -0.343 e. The molecular formula is C28H35Cl2FN4O2. The quantitative estimate of drug-likeness (QED) is 0.538. The van der Waals surface area contributed by atoms with Crippen molar-refractivity contribution in [1.29, 1.82) is 0 Å². The molecule has 2 amide bonds. The fourth-order valence-electron chi connectivity index (χ4n) is 5.84. The van der Waals surface area contributed by atoms with Crippen molar-refractivity contribution in [3.05, 3.63) is 63.4 Å². The number of benzene rings is 2. The third-order valence-corrected chi connectivity index (χ3v) is 7.99. The van der Waals surface area contributed by atoms with Crippen LogP contribution in [0, 0.1) is 11.2 Å². The second-order valence-electron chi connectivity index (χ2n) is 11.7. The first-order chi connectivity index (χ1) is 17.3. The minimum absolute atomic E-state index is 0.0474. The van der Waals surface area contributed by atoms with E-state index in [2.05, 4.69) is 31.4 Å². The van der Waals surface area contributed by atoms with Crippen LogP contribution in [0.3, 0.4) is 0 Å². The summed E-state index contributed by atoms with van der Waals surface area (Å²) in [6, 6.07) is 8.75. The molecule has 1 spiro atoms. The van der Waals surface area contributed by atoms with Gasteiger partial charge in [-0.25, -0.2) is 4.39 Å². The Morgan fingerprint density at radius 3 is 2.46 bits per heavy atom. The fourth-order valence-corrected chi connectivity index (χ4v) is 6.19. The van der Waals surface area contributed by atoms with E-state index < -0.39 is 29.2 Å². The largest absolute Gasteiger partial charge is 0.343 e. The summed E-state index contributed by atoms with van der Waals surface area (Å²) in [6.45, 7) is 7.43. The zero-order valence-corrected chi connectivity index (χ0v) is 23.7. The number of anilines is 1. The molecule has 2 aromatic carbocycles. The monoisotopic (exact) mass is 548 g/mol. The van der Waals surface area contributed by atoms with Gasteiger partial charge in [-0.1, -0.05) is 62.2 Å². The van der Waals surface area contributed by atoms with Crippen LogP contribution in [-0.4, -0.2) is 67.9 Å². The van der Waals surface area contributed by atoms with E-state index in [1.54, 1.807) is 36.2 Å². The van der Waals surface area contributed by atoms with Gasteiger partial charge in [0.25, 0.3) is 0 Å². The van der Waals surface area contributed by atoms with Crippen LogP contribution in [0.15, 0.2) is 36.4 Å². The van der Waals surface area contributed by atoms with E-state index in [1.807, 2.05) is 25.1 Å². The first kappa shape index (κ1) is 27.8. The van der Waals surface area contributed by atoms with Crippen LogP contribution in [-0.2, 0) is 15.0 Å². The normalized spacial score (nSPS) is 25.0. The first-order valence-electron chi connectivity index (χ1n) is 12.5. The van der Waals surface area contributed by atoms with Gasteiger partial charge in [-0.15, -0.1) is 0 Å². The van der Waals surface area contributed by atoms with Gasteiger partial charge in [0.2, 0.25) is 11.8 Å². The number of hydrogen-bond donors (Lipinski definition) is 2. The van der Waals surface area contributed by atoms with Crippen LogP contribution < -0.4 is 10.6 Å². The number of nitrogens with zero attached hydrogens (tertiary/aromatic N) is 2. The molecule has 1 fully saturated rings. The number of nitrogens with one attached hydrogen (secondary N) is 2. The van der Waals surface area contributed by atoms with Crippen LogP contribution in [0.4, 0.5) is 10.1 Å². The molecule has 0 aliphatic carbocycles. The van der Waals surface area contributed by atoms with Gasteiger partial charge in [0.15, 0.2) is 0 Å². The Hall–Kier alpha value is -2.19. The Kier molecular flexibility index (Phi) is 7.65. The standard InChI is InChI=1S/C28H35Cl2FN4O2/c1-27(2,3)15-21-28(18-11-10-16(29)14-20(18)32-26(28)37)22(17-8-7-9-19(30)23(17)31)24(33-21)25(36)35(6)13-12-34(4)5/h7-11,14,21-22,24,33H,12-13,15H2,1-6H3,(H,32,37)/t21-,22-,24-,28+/m1/s1. The molecule has 4 atom stereocenters. The summed E-state index contributed by atoms with van der Waals surface area (Å²) in [5, 5.41) is 6.96. The number of fused-ring (bicyclic) bond motifs is 2. The van der Waals surface area contributed by atoms with Gasteiger partial charge in [0.05, 0.1) is 11.1 Å². The number of rotatable bonds is 6. The lowest BCUT2D eigenvalue weighted by atomic mass is 9.62. The molecule has 2 aliphatic heterocycles. The fraction of sp³-hybridized carbons (Fsp3) is 0.500. The van der Waals surface area contributed by atoms with E-state index in [0.29, 0.717) is 35.8 Å². The molecule has 37 heavy (non-hydrogen) atoms. The molecule has 9 heteroatoms. The molecule has 2 aromatic rings. The van der Waals surface area contributed by atoms with Gasteiger partial charge in [-0.3, -0.25) is 9.59 Å². The van der Waals surface area contributed by atoms with Crippen molar-refractivity contribution in [2.75, 3.05) is 39.5 Å². The average Bonchev–Trinajstić information content (AvgIpc) is 3.27. The predicted molar refractivity (Wildman–Crippen MR) is 147 cm³/mol. The van der Waals surface area contributed by atoms with E-state index in [-0.39, 0.29) is 27.8 Å². The third kappa shape index (κ3) is 4.99. The second-order valence-corrected chi connectivity index (χ2v) is 12.5. The van der Waals surface area contributed by atoms with Crippen molar-refractivity contribution in [1.82, 2.24) is 15.1 Å². The van der Waals surface area contributed by atoms with Crippen molar-refractivity contribution < 1.29 is 14.0 Å². The molecule has 0 radical (unpaired) electrons. The molecule has 4 rings (SSSR count). The molecule has 2 heterocycles. The van der Waals surface area contributed by atoms with Crippen molar-refractivity contribution >= 4 is 40.7 Å². The van der Waals surface area contributed by atoms with E-state index in [1.165, 1.54) is 6.07 Å². The van der Waals surface area contributed by atoms with Crippen molar-refractivity contribution in [2.45, 2.75) is 50.6 Å². The van der Waals surface area contributed by atoms with Gasteiger partial charge in [0, 0.05) is 42.8 Å². The Morgan fingerprint density at radius 1 is 1.11 bits per heavy atom. The highest BCUT2D eigenvalue weighted by Crippen LogP contribution is 2.57. The van der Waals surface area contributed by atoms with Crippen molar-refractivity contribution in [2.24, 2.45) is 5.41 Å². The minimum atomic E-state index is -1.25. The summed E-state index contributed by atoms with van der Waals surface area (Å²) < 4.78 is 15.8. The smallest absolute Gasteiger partial charge is 0.240 e. The maximum absolute atomic E-state index is 15.8. The van der Waals surface area contributed by atoms with Gasteiger partial charge in [-0.2, -0.15) is 0 Å². The molecule has 6 nitrogen and oxygen atoms in total. The summed E-state index contributed by atoms with van der Waals surface area (Å²) in [6.07, 6.45) is 0.576. The number of carbonyl (C=O) groups excluding carboxylic acids is 2. The van der Waals surface area contributed by atoms with Crippen LogP contribution in [0.25, 0.3) is 0 Å². The van der Waals surface area contributed by atoms with E-state index in [9.17, 15) is 9.59 Å².